The average Bonchev–Trinajstić information content (AvgIpc) is 2.23. The maximum absolute atomic E-state index is 13.3. The molecule has 1 aromatic carbocycles. The van der Waals surface area contributed by atoms with Gasteiger partial charge in [0.05, 0.1) is 11.4 Å². The lowest BCUT2D eigenvalue weighted by molar-refractivity contribution is 0.511. The van der Waals surface area contributed by atoms with Gasteiger partial charge < -0.3 is 11.1 Å². The van der Waals surface area contributed by atoms with Crippen molar-refractivity contribution >= 4 is 23.1 Å². The average molecular weight is 232 g/mol. The zero-order valence-electron chi connectivity index (χ0n) is 8.68. The van der Waals surface area contributed by atoms with Crippen LogP contribution in [-0.4, -0.2) is 18.1 Å². The lowest BCUT2D eigenvalue weighted by atomic mass is 10.2. The molecule has 0 bridgehead atoms. The lowest BCUT2D eigenvalue weighted by Gasteiger charge is -2.13. The van der Waals surface area contributed by atoms with Crippen molar-refractivity contribution in [1.29, 1.82) is 0 Å². The van der Waals surface area contributed by atoms with Crippen LogP contribution in [0.3, 0.4) is 0 Å². The normalized spacial score (nSPS) is 12.5. The molecule has 1 atom stereocenters. The summed E-state index contributed by atoms with van der Waals surface area (Å²) < 4.78 is 26.2. The third-order valence-electron chi connectivity index (χ3n) is 2.10. The second kappa shape index (κ2) is 5.21. The molecular formula is C10H14F2N2S. The van der Waals surface area contributed by atoms with Crippen LogP contribution in [0.2, 0.25) is 0 Å². The first-order valence-corrected chi connectivity index (χ1v) is 5.85. The monoisotopic (exact) mass is 232 g/mol. The van der Waals surface area contributed by atoms with E-state index in [0.29, 0.717) is 11.8 Å². The van der Waals surface area contributed by atoms with Gasteiger partial charge in [0.1, 0.15) is 0 Å². The van der Waals surface area contributed by atoms with E-state index in [2.05, 4.69) is 5.32 Å². The highest BCUT2D eigenvalue weighted by molar-refractivity contribution is 7.99. The lowest BCUT2D eigenvalue weighted by Crippen LogP contribution is -2.15. The van der Waals surface area contributed by atoms with Gasteiger partial charge in [-0.15, -0.1) is 0 Å². The van der Waals surface area contributed by atoms with Gasteiger partial charge in [0.25, 0.3) is 0 Å². The highest BCUT2D eigenvalue weighted by Crippen LogP contribution is 2.24. The molecule has 1 unspecified atom stereocenters. The molecule has 0 aliphatic rings. The smallest absolute Gasteiger partial charge is 0.183 e. The summed E-state index contributed by atoms with van der Waals surface area (Å²) in [6.45, 7) is 2.54. The van der Waals surface area contributed by atoms with Crippen LogP contribution in [0.15, 0.2) is 12.1 Å². The third kappa shape index (κ3) is 2.99. The molecule has 0 spiro atoms. The maximum atomic E-state index is 13.3. The molecule has 0 radical (unpaired) electrons. The Morgan fingerprint density at radius 1 is 1.47 bits per heavy atom. The van der Waals surface area contributed by atoms with Crippen LogP contribution < -0.4 is 11.1 Å². The zero-order chi connectivity index (χ0) is 11.4. The molecule has 84 valence electrons. The van der Waals surface area contributed by atoms with Crippen LogP contribution in [0.5, 0.6) is 0 Å². The third-order valence-corrected chi connectivity index (χ3v) is 3.07. The van der Waals surface area contributed by atoms with E-state index < -0.39 is 11.6 Å². The molecule has 2 nitrogen and oxygen atoms in total. The van der Waals surface area contributed by atoms with Crippen molar-refractivity contribution in [3.63, 3.8) is 0 Å². The summed E-state index contributed by atoms with van der Waals surface area (Å²) in [4.78, 5) is 0. The number of hydrogen-bond donors (Lipinski definition) is 2. The van der Waals surface area contributed by atoms with Gasteiger partial charge >= 0.3 is 0 Å². The quantitative estimate of drug-likeness (QED) is 0.784. The second-order valence-corrected chi connectivity index (χ2v) is 4.53. The van der Waals surface area contributed by atoms with Crippen LogP contribution in [-0.2, 0) is 0 Å². The molecule has 0 aliphatic carbocycles. The van der Waals surface area contributed by atoms with Gasteiger partial charge in [-0.2, -0.15) is 11.8 Å². The maximum Gasteiger partial charge on any atom is 0.183 e. The van der Waals surface area contributed by atoms with E-state index >= 15 is 0 Å². The van der Waals surface area contributed by atoms with Gasteiger partial charge in [0.15, 0.2) is 11.6 Å². The highest BCUT2D eigenvalue weighted by Gasteiger charge is 2.12. The molecule has 1 aromatic rings. The number of rotatable bonds is 4. The van der Waals surface area contributed by atoms with Crippen LogP contribution in [0, 0.1) is 11.6 Å². The summed E-state index contributed by atoms with van der Waals surface area (Å²) in [5.41, 5.74) is 5.82. The Labute approximate surface area is 92.2 Å². The molecule has 3 N–H and O–H groups in total. The topological polar surface area (TPSA) is 38.0 Å². The van der Waals surface area contributed by atoms with Crippen LogP contribution in [0.4, 0.5) is 20.2 Å². The number of anilines is 2. The molecule has 0 saturated carbocycles. The molecule has 0 aliphatic heterocycles. The molecule has 0 saturated heterocycles. The Morgan fingerprint density at radius 3 is 2.73 bits per heavy atom. The van der Waals surface area contributed by atoms with Gasteiger partial charge in [-0.05, 0) is 18.4 Å². The molecule has 0 fully saturated rings. The molecule has 15 heavy (non-hydrogen) atoms. The fraction of sp³-hybridized carbons (Fsp3) is 0.400. The first kappa shape index (κ1) is 12.1. The van der Waals surface area contributed by atoms with Crippen molar-refractivity contribution in [3.05, 3.63) is 23.8 Å². The predicted molar refractivity (Wildman–Crippen MR) is 62.2 cm³/mol. The van der Waals surface area contributed by atoms with Crippen molar-refractivity contribution in [3.8, 4) is 0 Å². The molecular weight excluding hydrogens is 218 g/mol. The molecule has 5 heteroatoms. The van der Waals surface area contributed by atoms with E-state index in [1.807, 2.05) is 13.2 Å². The van der Waals surface area contributed by atoms with Gasteiger partial charge in [-0.25, -0.2) is 8.78 Å². The van der Waals surface area contributed by atoms with E-state index in [-0.39, 0.29) is 11.4 Å². The van der Waals surface area contributed by atoms with Gasteiger partial charge in [0, 0.05) is 11.8 Å². The number of benzene rings is 1. The molecule has 0 heterocycles. The van der Waals surface area contributed by atoms with Gasteiger partial charge in [0.2, 0.25) is 0 Å². The number of nitrogens with one attached hydrogen (secondary N) is 1. The Morgan fingerprint density at radius 2 is 2.13 bits per heavy atom. The first-order valence-electron chi connectivity index (χ1n) is 4.56. The minimum atomic E-state index is -0.914. The van der Waals surface area contributed by atoms with Crippen LogP contribution in [0.25, 0.3) is 0 Å². The van der Waals surface area contributed by atoms with Gasteiger partial charge in [-0.1, -0.05) is 6.92 Å². The minimum Gasteiger partial charge on any atom is -0.397 e. The second-order valence-electron chi connectivity index (χ2n) is 3.25. The number of nitrogen functional groups attached to an aromatic ring is 1. The molecule has 0 aromatic heterocycles. The van der Waals surface area contributed by atoms with Gasteiger partial charge in [-0.3, -0.25) is 0 Å². The van der Waals surface area contributed by atoms with Crippen LogP contribution in [0.1, 0.15) is 6.92 Å². The number of nitrogens with two attached hydrogens (primary N) is 1. The van der Waals surface area contributed by atoms with Crippen molar-refractivity contribution in [2.24, 2.45) is 0 Å². The zero-order valence-corrected chi connectivity index (χ0v) is 9.50. The fourth-order valence-corrected chi connectivity index (χ4v) is 1.32. The van der Waals surface area contributed by atoms with E-state index in [1.165, 1.54) is 6.07 Å². The predicted octanol–water partition coefficient (Wildman–Crippen LogP) is 2.71. The first-order chi connectivity index (χ1) is 7.06. The van der Waals surface area contributed by atoms with Crippen molar-refractivity contribution < 1.29 is 8.78 Å². The van der Waals surface area contributed by atoms with E-state index in [1.54, 1.807) is 11.8 Å². The number of hydrogen-bond acceptors (Lipinski definition) is 3. The Balaban J connectivity index is 2.80. The summed E-state index contributed by atoms with van der Waals surface area (Å²) in [6, 6.07) is 2.37. The van der Waals surface area contributed by atoms with Crippen molar-refractivity contribution in [2.45, 2.75) is 12.2 Å². The largest absolute Gasteiger partial charge is 0.397 e. The summed E-state index contributed by atoms with van der Waals surface area (Å²) in [5, 5.41) is 3.12. The Hall–Kier alpha value is -0.970. The summed E-state index contributed by atoms with van der Waals surface area (Å²) in [7, 11) is 0. The standard InChI is InChI=1S/C10H14F2N2S/c1-6(15-2)5-14-10-8(13)4-3-7(11)9(10)12/h3-4,6,14H,5,13H2,1-2H3. The molecule has 1 rings (SSSR count). The van der Waals surface area contributed by atoms with Crippen molar-refractivity contribution in [1.82, 2.24) is 0 Å². The summed E-state index contributed by atoms with van der Waals surface area (Å²) >= 11 is 1.64. The highest BCUT2D eigenvalue weighted by atomic mass is 32.2. The fourth-order valence-electron chi connectivity index (χ4n) is 1.07. The van der Waals surface area contributed by atoms with Crippen LogP contribution >= 0.6 is 11.8 Å². The number of thioether (sulfide) groups is 1. The van der Waals surface area contributed by atoms with Crippen molar-refractivity contribution in [2.75, 3.05) is 23.9 Å². The van der Waals surface area contributed by atoms with E-state index in [0.717, 1.165) is 6.07 Å². The minimum absolute atomic E-state index is 0.0518. The van der Waals surface area contributed by atoms with E-state index in [4.69, 9.17) is 5.73 Å². The Bertz CT molecular complexity index is 344. The summed E-state index contributed by atoms with van der Waals surface area (Å²) in [6.07, 6.45) is 1.96. The van der Waals surface area contributed by atoms with E-state index in [9.17, 15) is 8.78 Å². The SMILES string of the molecule is CSC(C)CNc1c(N)ccc(F)c1F. The summed E-state index contributed by atoms with van der Waals surface area (Å²) in [5.74, 6) is -1.80. The molecule has 0 amide bonds. The Kier molecular flexibility index (Phi) is 4.20. The number of halogens is 2.